The minimum atomic E-state index is -0.906. The molecule has 2 N–H and O–H groups in total. The van der Waals surface area contributed by atoms with Gasteiger partial charge >= 0.3 is 0 Å². The summed E-state index contributed by atoms with van der Waals surface area (Å²) in [7, 11) is 0.712. The van der Waals surface area contributed by atoms with Crippen LogP contribution < -0.4 is 10.5 Å². The summed E-state index contributed by atoms with van der Waals surface area (Å²) < 4.78 is 16.8. The number of ether oxygens (including phenoxy) is 1. The minimum Gasteiger partial charge on any atom is -0.497 e. The van der Waals surface area contributed by atoms with Gasteiger partial charge in [0.2, 0.25) is 0 Å². The Kier molecular flexibility index (Phi) is 5.36. The lowest BCUT2D eigenvalue weighted by molar-refractivity contribution is 0.414. The molecule has 1 rings (SSSR count). The van der Waals surface area contributed by atoms with Crippen LogP contribution in [0.2, 0.25) is 0 Å². The molecule has 1 aromatic rings. The smallest absolute Gasteiger partial charge is 0.118 e. The highest BCUT2D eigenvalue weighted by atomic mass is 32.2. The molecular formula is C11H17NO2S. The third-order valence-electron chi connectivity index (χ3n) is 2.11. The summed E-state index contributed by atoms with van der Waals surface area (Å²) in [5, 5.41) is 0. The molecule has 15 heavy (non-hydrogen) atoms. The van der Waals surface area contributed by atoms with E-state index in [1.807, 2.05) is 24.3 Å². The standard InChI is InChI=1S/C11H17NO2S/c1-14-10-4-6-11(7-5-10)15(13)9-3-2-8-12/h4-7H,2-3,8-9,12H2,1H3. The molecule has 1 atom stereocenters. The van der Waals surface area contributed by atoms with Crippen molar-refractivity contribution in [2.75, 3.05) is 19.4 Å². The van der Waals surface area contributed by atoms with Crippen LogP contribution in [0.5, 0.6) is 5.75 Å². The number of unbranched alkanes of at least 4 members (excludes halogenated alkanes) is 1. The fourth-order valence-electron chi connectivity index (χ4n) is 1.22. The summed E-state index contributed by atoms with van der Waals surface area (Å²) in [6, 6.07) is 7.35. The first kappa shape index (κ1) is 12.2. The normalized spacial score (nSPS) is 12.4. The highest BCUT2D eigenvalue weighted by Crippen LogP contribution is 2.14. The zero-order chi connectivity index (χ0) is 11.1. The average Bonchev–Trinajstić information content (AvgIpc) is 2.29. The second-order valence-corrected chi connectivity index (χ2v) is 4.79. The van der Waals surface area contributed by atoms with Crippen molar-refractivity contribution in [2.45, 2.75) is 17.7 Å². The van der Waals surface area contributed by atoms with Crippen LogP contribution in [-0.4, -0.2) is 23.6 Å². The average molecular weight is 227 g/mol. The van der Waals surface area contributed by atoms with Gasteiger partial charge in [0, 0.05) is 10.6 Å². The zero-order valence-corrected chi connectivity index (χ0v) is 9.76. The van der Waals surface area contributed by atoms with Gasteiger partial charge in [-0.3, -0.25) is 4.21 Å². The summed E-state index contributed by atoms with van der Waals surface area (Å²) in [4.78, 5) is 0.854. The van der Waals surface area contributed by atoms with Gasteiger partial charge in [-0.25, -0.2) is 0 Å². The van der Waals surface area contributed by atoms with Crippen molar-refractivity contribution >= 4 is 10.8 Å². The van der Waals surface area contributed by atoms with Crippen LogP contribution in [0.4, 0.5) is 0 Å². The molecule has 4 heteroatoms. The second-order valence-electron chi connectivity index (χ2n) is 3.22. The van der Waals surface area contributed by atoms with Crippen LogP contribution in [-0.2, 0) is 10.8 Å². The van der Waals surface area contributed by atoms with Crippen LogP contribution >= 0.6 is 0 Å². The van der Waals surface area contributed by atoms with Gasteiger partial charge in [-0.2, -0.15) is 0 Å². The number of benzene rings is 1. The summed E-state index contributed by atoms with van der Waals surface area (Å²) in [5.41, 5.74) is 5.38. The molecule has 0 aliphatic heterocycles. The molecule has 84 valence electrons. The van der Waals surface area contributed by atoms with E-state index >= 15 is 0 Å². The first-order valence-electron chi connectivity index (χ1n) is 5.00. The summed E-state index contributed by atoms with van der Waals surface area (Å²) >= 11 is 0. The molecule has 0 spiro atoms. The van der Waals surface area contributed by atoms with Crippen molar-refractivity contribution in [3.63, 3.8) is 0 Å². The molecule has 0 saturated heterocycles. The largest absolute Gasteiger partial charge is 0.497 e. The Balaban J connectivity index is 2.50. The van der Waals surface area contributed by atoms with Crippen molar-refractivity contribution < 1.29 is 8.95 Å². The molecule has 0 aliphatic rings. The summed E-state index contributed by atoms with van der Waals surface area (Å²) in [6.07, 6.45) is 1.84. The Morgan fingerprint density at radius 3 is 2.47 bits per heavy atom. The van der Waals surface area contributed by atoms with E-state index in [1.54, 1.807) is 7.11 Å². The number of rotatable bonds is 6. The van der Waals surface area contributed by atoms with Gasteiger partial charge in [0.1, 0.15) is 5.75 Å². The highest BCUT2D eigenvalue weighted by molar-refractivity contribution is 7.85. The molecule has 0 bridgehead atoms. The molecule has 0 aromatic heterocycles. The van der Waals surface area contributed by atoms with Crippen LogP contribution in [0.15, 0.2) is 29.2 Å². The topological polar surface area (TPSA) is 52.3 Å². The van der Waals surface area contributed by atoms with Crippen LogP contribution in [0.25, 0.3) is 0 Å². The number of hydrogen-bond donors (Lipinski definition) is 1. The third kappa shape index (κ3) is 4.01. The molecule has 1 unspecified atom stereocenters. The fraction of sp³-hybridized carbons (Fsp3) is 0.455. The van der Waals surface area contributed by atoms with E-state index in [-0.39, 0.29) is 0 Å². The van der Waals surface area contributed by atoms with Crippen molar-refractivity contribution in [1.82, 2.24) is 0 Å². The zero-order valence-electron chi connectivity index (χ0n) is 8.94. The number of nitrogens with two attached hydrogens (primary N) is 1. The maximum atomic E-state index is 11.7. The van der Waals surface area contributed by atoms with Crippen LogP contribution in [0.1, 0.15) is 12.8 Å². The molecule has 0 saturated carbocycles. The Hall–Kier alpha value is -0.870. The van der Waals surface area contributed by atoms with E-state index in [0.717, 1.165) is 23.5 Å². The lowest BCUT2D eigenvalue weighted by Gasteiger charge is -2.03. The minimum absolute atomic E-state index is 0.666. The van der Waals surface area contributed by atoms with Gasteiger partial charge in [0.15, 0.2) is 0 Å². The lowest BCUT2D eigenvalue weighted by Crippen LogP contribution is -2.03. The molecular weight excluding hydrogens is 210 g/mol. The molecule has 0 radical (unpaired) electrons. The van der Waals surface area contributed by atoms with Gasteiger partial charge < -0.3 is 10.5 Å². The first-order chi connectivity index (χ1) is 7.27. The van der Waals surface area contributed by atoms with Gasteiger partial charge in [-0.05, 0) is 43.7 Å². The highest BCUT2D eigenvalue weighted by Gasteiger charge is 2.03. The maximum Gasteiger partial charge on any atom is 0.118 e. The Morgan fingerprint density at radius 1 is 1.27 bits per heavy atom. The van der Waals surface area contributed by atoms with E-state index in [4.69, 9.17) is 10.5 Å². The molecule has 0 amide bonds. The summed E-state index contributed by atoms with van der Waals surface area (Å²) in [5.74, 6) is 1.47. The van der Waals surface area contributed by atoms with Gasteiger partial charge in [0.05, 0.1) is 17.9 Å². The summed E-state index contributed by atoms with van der Waals surface area (Å²) in [6.45, 7) is 0.666. The number of hydrogen-bond acceptors (Lipinski definition) is 3. The van der Waals surface area contributed by atoms with Crippen molar-refractivity contribution in [2.24, 2.45) is 5.73 Å². The predicted molar refractivity (Wildman–Crippen MR) is 62.6 cm³/mol. The van der Waals surface area contributed by atoms with E-state index < -0.39 is 10.8 Å². The molecule has 1 aromatic carbocycles. The SMILES string of the molecule is COc1ccc(S(=O)CCCCN)cc1. The van der Waals surface area contributed by atoms with E-state index in [1.165, 1.54) is 0 Å². The Labute approximate surface area is 93.1 Å². The number of methoxy groups -OCH3 is 1. The molecule has 0 aliphatic carbocycles. The second kappa shape index (κ2) is 6.58. The van der Waals surface area contributed by atoms with Crippen LogP contribution in [0, 0.1) is 0 Å². The molecule has 0 fully saturated rings. The van der Waals surface area contributed by atoms with E-state index in [2.05, 4.69) is 0 Å². The van der Waals surface area contributed by atoms with Crippen molar-refractivity contribution in [3.05, 3.63) is 24.3 Å². The van der Waals surface area contributed by atoms with Crippen LogP contribution in [0.3, 0.4) is 0 Å². The predicted octanol–water partition coefficient (Wildman–Crippen LogP) is 1.54. The van der Waals surface area contributed by atoms with Gasteiger partial charge in [0.25, 0.3) is 0 Å². The monoisotopic (exact) mass is 227 g/mol. The van der Waals surface area contributed by atoms with Gasteiger partial charge in [-0.15, -0.1) is 0 Å². The fourth-order valence-corrected chi connectivity index (χ4v) is 2.36. The van der Waals surface area contributed by atoms with Gasteiger partial charge in [-0.1, -0.05) is 0 Å². The van der Waals surface area contributed by atoms with Crippen molar-refractivity contribution in [1.29, 1.82) is 0 Å². The maximum absolute atomic E-state index is 11.7. The quantitative estimate of drug-likeness (QED) is 0.750. The third-order valence-corrected chi connectivity index (χ3v) is 3.56. The molecule has 0 heterocycles. The van der Waals surface area contributed by atoms with E-state index in [0.29, 0.717) is 12.3 Å². The Morgan fingerprint density at radius 2 is 1.93 bits per heavy atom. The Bertz CT molecular complexity index is 311. The van der Waals surface area contributed by atoms with E-state index in [9.17, 15) is 4.21 Å². The van der Waals surface area contributed by atoms with Crippen molar-refractivity contribution in [3.8, 4) is 5.75 Å². The first-order valence-corrected chi connectivity index (χ1v) is 6.32. The lowest BCUT2D eigenvalue weighted by atomic mass is 10.3. The molecule has 3 nitrogen and oxygen atoms in total.